The van der Waals surface area contributed by atoms with Gasteiger partial charge in [0.1, 0.15) is 5.82 Å². The number of hydrogen-bond donors (Lipinski definition) is 1. The summed E-state index contributed by atoms with van der Waals surface area (Å²) >= 11 is 0. The van der Waals surface area contributed by atoms with Crippen molar-refractivity contribution in [3.05, 3.63) is 29.6 Å². The molecule has 0 bridgehead atoms. The van der Waals surface area contributed by atoms with Crippen molar-refractivity contribution in [2.45, 2.75) is 38.3 Å². The van der Waals surface area contributed by atoms with Crippen LogP contribution >= 0.6 is 0 Å². The monoisotopic (exact) mass is 274 g/mol. The first-order valence-corrected chi connectivity index (χ1v) is 6.87. The van der Waals surface area contributed by atoms with Gasteiger partial charge in [0, 0.05) is 13.0 Å². The number of fused-ring (bicyclic) bond motifs is 1. The van der Waals surface area contributed by atoms with Crippen LogP contribution in [0, 0.1) is 0 Å². The van der Waals surface area contributed by atoms with E-state index < -0.39 is 5.97 Å². The average molecular weight is 274 g/mol. The number of aromatic nitrogens is 2. The number of carbonyl (C=O) groups is 1. The summed E-state index contributed by atoms with van der Waals surface area (Å²) in [5.74, 6) is 0.551. The molecule has 106 valence electrons. The molecule has 1 atom stereocenters. The van der Waals surface area contributed by atoms with E-state index in [2.05, 4.69) is 4.98 Å². The Morgan fingerprint density at radius 2 is 2.30 bits per heavy atom. The van der Waals surface area contributed by atoms with Crippen LogP contribution in [0.25, 0.3) is 11.0 Å². The Bertz CT molecular complexity index is 658. The second-order valence-corrected chi connectivity index (χ2v) is 5.38. The molecule has 5 heteroatoms. The molecule has 3 rings (SSSR count). The number of para-hydroxylation sites is 1. The van der Waals surface area contributed by atoms with Gasteiger partial charge in [-0.1, -0.05) is 6.07 Å². The van der Waals surface area contributed by atoms with E-state index in [0.717, 1.165) is 24.2 Å². The Morgan fingerprint density at radius 1 is 1.55 bits per heavy atom. The van der Waals surface area contributed by atoms with Gasteiger partial charge in [-0.3, -0.25) is 0 Å². The molecule has 1 aliphatic carbocycles. The van der Waals surface area contributed by atoms with Gasteiger partial charge < -0.3 is 14.4 Å². The zero-order valence-electron chi connectivity index (χ0n) is 11.7. The zero-order chi connectivity index (χ0) is 14.3. The van der Waals surface area contributed by atoms with Crippen LogP contribution in [0.15, 0.2) is 18.2 Å². The maximum atomic E-state index is 11.4. The summed E-state index contributed by atoms with van der Waals surface area (Å²) < 4.78 is 7.36. The first kappa shape index (κ1) is 13.1. The quantitative estimate of drug-likeness (QED) is 0.910. The second kappa shape index (κ2) is 4.90. The SMILES string of the molecule is COC(C)Cn1c(C2CC2)nc2cccc(C(=O)O)c21. The normalized spacial score (nSPS) is 16.5. The maximum absolute atomic E-state index is 11.4. The fourth-order valence-electron chi connectivity index (χ4n) is 2.55. The van der Waals surface area contributed by atoms with E-state index in [0.29, 0.717) is 23.5 Å². The van der Waals surface area contributed by atoms with Crippen LogP contribution in [0.2, 0.25) is 0 Å². The van der Waals surface area contributed by atoms with Crippen molar-refractivity contribution in [3.8, 4) is 0 Å². The molecular weight excluding hydrogens is 256 g/mol. The third kappa shape index (κ3) is 2.18. The zero-order valence-corrected chi connectivity index (χ0v) is 11.7. The summed E-state index contributed by atoms with van der Waals surface area (Å²) in [4.78, 5) is 16.1. The van der Waals surface area contributed by atoms with Gasteiger partial charge in [-0.2, -0.15) is 0 Å². The molecule has 1 heterocycles. The first-order chi connectivity index (χ1) is 9.61. The highest BCUT2D eigenvalue weighted by molar-refractivity contribution is 6.01. The molecule has 0 radical (unpaired) electrons. The summed E-state index contributed by atoms with van der Waals surface area (Å²) in [7, 11) is 1.67. The van der Waals surface area contributed by atoms with Crippen LogP contribution in [0.5, 0.6) is 0 Å². The van der Waals surface area contributed by atoms with Crippen molar-refractivity contribution in [1.82, 2.24) is 9.55 Å². The van der Waals surface area contributed by atoms with Gasteiger partial charge in [-0.25, -0.2) is 9.78 Å². The van der Waals surface area contributed by atoms with E-state index >= 15 is 0 Å². The Balaban J connectivity index is 2.20. The minimum absolute atomic E-state index is 0.0201. The molecular formula is C15H18N2O3. The third-order valence-corrected chi connectivity index (χ3v) is 3.81. The molecule has 1 N–H and O–H groups in total. The topological polar surface area (TPSA) is 64.4 Å². The number of nitrogens with zero attached hydrogens (tertiary/aromatic N) is 2. The van der Waals surface area contributed by atoms with Gasteiger partial charge in [0.2, 0.25) is 0 Å². The van der Waals surface area contributed by atoms with Crippen LogP contribution < -0.4 is 0 Å². The fraction of sp³-hybridized carbons (Fsp3) is 0.467. The molecule has 1 unspecified atom stereocenters. The summed E-state index contributed by atoms with van der Waals surface area (Å²) in [5, 5.41) is 9.39. The number of benzene rings is 1. The van der Waals surface area contributed by atoms with Gasteiger partial charge >= 0.3 is 5.97 Å². The van der Waals surface area contributed by atoms with E-state index in [9.17, 15) is 9.90 Å². The maximum Gasteiger partial charge on any atom is 0.337 e. The van der Waals surface area contributed by atoms with Crippen LogP contribution in [-0.4, -0.2) is 33.8 Å². The summed E-state index contributed by atoms with van der Waals surface area (Å²) in [5.41, 5.74) is 1.78. The van der Waals surface area contributed by atoms with Crippen molar-refractivity contribution in [1.29, 1.82) is 0 Å². The number of methoxy groups -OCH3 is 1. The smallest absolute Gasteiger partial charge is 0.337 e. The van der Waals surface area contributed by atoms with E-state index in [1.54, 1.807) is 19.2 Å². The Kier molecular flexibility index (Phi) is 3.22. The Morgan fingerprint density at radius 3 is 2.90 bits per heavy atom. The van der Waals surface area contributed by atoms with Gasteiger partial charge in [0.25, 0.3) is 0 Å². The number of hydrogen-bond acceptors (Lipinski definition) is 3. The standard InChI is InChI=1S/C15H18N2O3/c1-9(20-2)8-17-13-11(15(18)19)4-3-5-12(13)16-14(17)10-6-7-10/h3-5,9-10H,6-8H2,1-2H3,(H,18,19). The molecule has 0 saturated heterocycles. The fourth-order valence-corrected chi connectivity index (χ4v) is 2.55. The van der Waals surface area contributed by atoms with E-state index in [1.165, 1.54) is 0 Å². The van der Waals surface area contributed by atoms with Crippen molar-refractivity contribution in [2.75, 3.05) is 7.11 Å². The lowest BCUT2D eigenvalue weighted by Gasteiger charge is -2.14. The third-order valence-electron chi connectivity index (χ3n) is 3.81. The highest BCUT2D eigenvalue weighted by Gasteiger charge is 2.31. The predicted octanol–water partition coefficient (Wildman–Crippen LogP) is 2.65. The van der Waals surface area contributed by atoms with Crippen molar-refractivity contribution < 1.29 is 14.6 Å². The minimum atomic E-state index is -0.913. The number of carboxylic acids is 1. The number of imidazole rings is 1. The lowest BCUT2D eigenvalue weighted by molar-refractivity contribution is 0.0697. The Hall–Kier alpha value is -1.88. The average Bonchev–Trinajstić information content (AvgIpc) is 3.21. The summed E-state index contributed by atoms with van der Waals surface area (Å²) in [6.45, 7) is 2.61. The molecule has 0 spiro atoms. The van der Waals surface area contributed by atoms with Crippen molar-refractivity contribution in [2.24, 2.45) is 0 Å². The lowest BCUT2D eigenvalue weighted by atomic mass is 10.2. The molecule has 0 aliphatic heterocycles. The highest BCUT2D eigenvalue weighted by atomic mass is 16.5. The van der Waals surface area contributed by atoms with Crippen molar-refractivity contribution >= 4 is 17.0 Å². The van der Waals surface area contributed by atoms with Gasteiger partial charge in [-0.05, 0) is 31.9 Å². The first-order valence-electron chi connectivity index (χ1n) is 6.87. The van der Waals surface area contributed by atoms with E-state index in [1.807, 2.05) is 17.6 Å². The summed E-state index contributed by atoms with van der Waals surface area (Å²) in [6, 6.07) is 5.26. The highest BCUT2D eigenvalue weighted by Crippen LogP contribution is 2.41. The van der Waals surface area contributed by atoms with Crippen LogP contribution in [-0.2, 0) is 11.3 Å². The van der Waals surface area contributed by atoms with Crippen molar-refractivity contribution in [3.63, 3.8) is 0 Å². The molecule has 20 heavy (non-hydrogen) atoms. The minimum Gasteiger partial charge on any atom is -0.478 e. The van der Waals surface area contributed by atoms with Gasteiger partial charge in [-0.15, -0.1) is 0 Å². The molecule has 1 aromatic carbocycles. The number of aromatic carboxylic acids is 1. The molecule has 1 aliphatic rings. The molecule has 2 aromatic rings. The number of carboxylic acid groups (broad SMARTS) is 1. The number of ether oxygens (including phenoxy) is 1. The van der Waals surface area contributed by atoms with Crippen LogP contribution in [0.4, 0.5) is 0 Å². The van der Waals surface area contributed by atoms with Crippen LogP contribution in [0.3, 0.4) is 0 Å². The van der Waals surface area contributed by atoms with E-state index in [-0.39, 0.29) is 6.10 Å². The molecule has 1 fully saturated rings. The van der Waals surface area contributed by atoms with E-state index in [4.69, 9.17) is 4.74 Å². The largest absolute Gasteiger partial charge is 0.478 e. The predicted molar refractivity (Wildman–Crippen MR) is 75.1 cm³/mol. The lowest BCUT2D eigenvalue weighted by Crippen LogP contribution is -2.17. The molecule has 1 aromatic heterocycles. The van der Waals surface area contributed by atoms with Gasteiger partial charge in [0.15, 0.2) is 0 Å². The second-order valence-electron chi connectivity index (χ2n) is 5.38. The molecule has 5 nitrogen and oxygen atoms in total. The van der Waals surface area contributed by atoms with Crippen LogP contribution in [0.1, 0.15) is 41.9 Å². The van der Waals surface area contributed by atoms with Gasteiger partial charge in [0.05, 0.1) is 29.2 Å². The summed E-state index contributed by atoms with van der Waals surface area (Å²) in [6.07, 6.45) is 2.28. The Labute approximate surface area is 117 Å². The number of rotatable bonds is 5. The molecule has 0 amide bonds. The molecule has 1 saturated carbocycles.